The summed E-state index contributed by atoms with van der Waals surface area (Å²) in [6, 6.07) is 7.73. The molecular formula is C15H19NO3. The molecule has 1 amide bonds. The van der Waals surface area contributed by atoms with Gasteiger partial charge in [-0.05, 0) is 32.4 Å². The smallest absolute Gasteiger partial charge is 0.307 e. The fourth-order valence-electron chi connectivity index (χ4n) is 2.46. The summed E-state index contributed by atoms with van der Waals surface area (Å²) in [4.78, 5) is 25.5. The first-order valence-corrected chi connectivity index (χ1v) is 6.55. The lowest BCUT2D eigenvalue weighted by Crippen LogP contribution is -2.37. The van der Waals surface area contributed by atoms with Crippen LogP contribution in [0.15, 0.2) is 24.3 Å². The molecule has 1 aromatic carbocycles. The monoisotopic (exact) mass is 261 g/mol. The molecule has 0 aromatic heterocycles. The summed E-state index contributed by atoms with van der Waals surface area (Å²) in [5.74, 6) is -0.226. The van der Waals surface area contributed by atoms with Crippen LogP contribution in [0.25, 0.3) is 0 Å². The van der Waals surface area contributed by atoms with E-state index in [0.717, 1.165) is 11.3 Å². The van der Waals surface area contributed by atoms with Crippen LogP contribution in [0.3, 0.4) is 0 Å². The Hall–Kier alpha value is -1.84. The minimum absolute atomic E-state index is 0.0398. The molecule has 1 aromatic rings. The largest absolute Gasteiger partial charge is 0.466 e. The van der Waals surface area contributed by atoms with Gasteiger partial charge < -0.3 is 9.64 Å². The van der Waals surface area contributed by atoms with Crippen LogP contribution in [0.4, 0.5) is 5.69 Å². The van der Waals surface area contributed by atoms with Gasteiger partial charge in [0.2, 0.25) is 5.91 Å². The Balaban J connectivity index is 2.18. The highest BCUT2D eigenvalue weighted by Gasteiger charge is 2.43. The standard InChI is InChI=1S/C15H19NO3/c1-4-19-13(17)9-10-16-12-8-6-5-7-11(12)15(2,3)14(16)18/h5-8H,4,9-10H2,1-3H3. The highest BCUT2D eigenvalue weighted by atomic mass is 16.5. The first kappa shape index (κ1) is 13.6. The normalized spacial score (nSPS) is 16.4. The molecule has 0 saturated carbocycles. The third-order valence-electron chi connectivity index (χ3n) is 3.49. The Morgan fingerprint density at radius 1 is 1.32 bits per heavy atom. The highest BCUT2D eigenvalue weighted by molar-refractivity contribution is 6.07. The molecule has 2 rings (SSSR count). The second-order valence-corrected chi connectivity index (χ2v) is 5.15. The lowest BCUT2D eigenvalue weighted by Gasteiger charge is -2.20. The molecule has 1 aliphatic heterocycles. The number of hydrogen-bond donors (Lipinski definition) is 0. The molecule has 0 aliphatic carbocycles. The predicted octanol–water partition coefficient (Wildman–Crippen LogP) is 2.26. The summed E-state index contributed by atoms with van der Waals surface area (Å²) in [5.41, 5.74) is 1.40. The van der Waals surface area contributed by atoms with Crippen LogP contribution in [0.1, 0.15) is 32.8 Å². The van der Waals surface area contributed by atoms with Crippen molar-refractivity contribution in [2.75, 3.05) is 18.1 Å². The molecule has 0 fully saturated rings. The number of carbonyl (C=O) groups excluding carboxylic acids is 2. The molecule has 0 radical (unpaired) electrons. The molecule has 1 aliphatic rings. The molecule has 4 nitrogen and oxygen atoms in total. The molecule has 0 bridgehead atoms. The number of para-hydroxylation sites is 1. The van der Waals surface area contributed by atoms with E-state index in [1.807, 2.05) is 38.1 Å². The number of benzene rings is 1. The maximum Gasteiger partial charge on any atom is 0.307 e. The number of nitrogens with zero attached hydrogens (tertiary/aromatic N) is 1. The number of ether oxygens (including phenoxy) is 1. The topological polar surface area (TPSA) is 46.6 Å². The number of carbonyl (C=O) groups is 2. The Bertz CT molecular complexity index is 508. The molecule has 1 heterocycles. The third kappa shape index (κ3) is 2.35. The van der Waals surface area contributed by atoms with Crippen molar-refractivity contribution >= 4 is 17.6 Å². The van der Waals surface area contributed by atoms with E-state index < -0.39 is 5.41 Å². The summed E-state index contributed by atoms with van der Waals surface area (Å²) in [7, 11) is 0. The molecule has 0 unspecified atom stereocenters. The van der Waals surface area contributed by atoms with Gasteiger partial charge in [0.25, 0.3) is 0 Å². The van der Waals surface area contributed by atoms with E-state index in [4.69, 9.17) is 4.74 Å². The lowest BCUT2D eigenvalue weighted by atomic mass is 9.86. The van der Waals surface area contributed by atoms with Crippen LogP contribution in [-0.2, 0) is 19.7 Å². The molecule has 0 saturated heterocycles. The van der Waals surface area contributed by atoms with E-state index in [-0.39, 0.29) is 18.3 Å². The van der Waals surface area contributed by atoms with Gasteiger partial charge in [-0.1, -0.05) is 18.2 Å². The minimum atomic E-state index is -0.523. The zero-order chi connectivity index (χ0) is 14.0. The quantitative estimate of drug-likeness (QED) is 0.781. The second-order valence-electron chi connectivity index (χ2n) is 5.15. The zero-order valence-electron chi connectivity index (χ0n) is 11.6. The van der Waals surface area contributed by atoms with Crippen LogP contribution in [-0.4, -0.2) is 25.0 Å². The Morgan fingerprint density at radius 3 is 2.68 bits per heavy atom. The van der Waals surface area contributed by atoms with Crippen LogP contribution < -0.4 is 4.90 Å². The van der Waals surface area contributed by atoms with E-state index in [0.29, 0.717) is 13.2 Å². The van der Waals surface area contributed by atoms with E-state index in [2.05, 4.69) is 0 Å². The second kappa shape index (κ2) is 5.03. The number of fused-ring (bicyclic) bond motifs is 1. The maximum absolute atomic E-state index is 12.4. The molecule has 0 N–H and O–H groups in total. The number of esters is 1. The van der Waals surface area contributed by atoms with E-state index >= 15 is 0 Å². The summed E-state index contributed by atoms with van der Waals surface area (Å²) in [6.45, 7) is 6.35. The third-order valence-corrected chi connectivity index (χ3v) is 3.49. The van der Waals surface area contributed by atoms with Crippen molar-refractivity contribution in [3.05, 3.63) is 29.8 Å². The molecular weight excluding hydrogens is 242 g/mol. The summed E-state index contributed by atoms with van der Waals surface area (Å²) in [6.07, 6.45) is 0.226. The van der Waals surface area contributed by atoms with Gasteiger partial charge >= 0.3 is 5.97 Å². The van der Waals surface area contributed by atoms with Gasteiger partial charge in [0.15, 0.2) is 0 Å². The zero-order valence-corrected chi connectivity index (χ0v) is 11.6. The van der Waals surface area contributed by atoms with Crippen molar-refractivity contribution in [2.24, 2.45) is 0 Å². The first-order chi connectivity index (χ1) is 8.98. The average Bonchev–Trinajstić information content (AvgIpc) is 2.57. The number of amides is 1. The van der Waals surface area contributed by atoms with Crippen molar-refractivity contribution in [3.63, 3.8) is 0 Å². The Kier molecular flexibility index (Phi) is 3.60. The van der Waals surface area contributed by atoms with Crippen molar-refractivity contribution in [1.29, 1.82) is 0 Å². The van der Waals surface area contributed by atoms with Crippen LogP contribution in [0.5, 0.6) is 0 Å². The molecule has 0 atom stereocenters. The molecule has 19 heavy (non-hydrogen) atoms. The van der Waals surface area contributed by atoms with Gasteiger partial charge in [-0.25, -0.2) is 0 Å². The number of rotatable bonds is 4. The van der Waals surface area contributed by atoms with E-state index in [9.17, 15) is 9.59 Å². The van der Waals surface area contributed by atoms with Gasteiger partial charge in [0.1, 0.15) is 0 Å². The van der Waals surface area contributed by atoms with Crippen molar-refractivity contribution < 1.29 is 14.3 Å². The highest BCUT2D eigenvalue weighted by Crippen LogP contribution is 2.41. The molecule has 0 spiro atoms. The minimum Gasteiger partial charge on any atom is -0.466 e. The Labute approximate surface area is 113 Å². The van der Waals surface area contributed by atoms with Crippen LogP contribution >= 0.6 is 0 Å². The van der Waals surface area contributed by atoms with Crippen LogP contribution in [0, 0.1) is 0 Å². The summed E-state index contributed by atoms with van der Waals surface area (Å²) >= 11 is 0. The van der Waals surface area contributed by atoms with Gasteiger partial charge in [0, 0.05) is 12.2 Å². The first-order valence-electron chi connectivity index (χ1n) is 6.55. The van der Waals surface area contributed by atoms with Gasteiger partial charge in [-0.15, -0.1) is 0 Å². The fourth-order valence-corrected chi connectivity index (χ4v) is 2.46. The molecule has 4 heteroatoms. The summed E-state index contributed by atoms with van der Waals surface area (Å²) in [5, 5.41) is 0. The van der Waals surface area contributed by atoms with Crippen molar-refractivity contribution in [3.8, 4) is 0 Å². The Morgan fingerprint density at radius 2 is 2.00 bits per heavy atom. The van der Waals surface area contributed by atoms with Gasteiger partial charge in [0.05, 0.1) is 18.4 Å². The summed E-state index contributed by atoms with van der Waals surface area (Å²) < 4.78 is 4.90. The van der Waals surface area contributed by atoms with Gasteiger partial charge in [-0.2, -0.15) is 0 Å². The van der Waals surface area contributed by atoms with E-state index in [1.165, 1.54) is 0 Å². The SMILES string of the molecule is CCOC(=O)CCN1C(=O)C(C)(C)c2ccccc21. The molecule has 102 valence electrons. The fraction of sp³-hybridized carbons (Fsp3) is 0.467. The van der Waals surface area contributed by atoms with Crippen LogP contribution in [0.2, 0.25) is 0 Å². The lowest BCUT2D eigenvalue weighted by molar-refractivity contribution is -0.142. The van der Waals surface area contributed by atoms with Crippen molar-refractivity contribution in [2.45, 2.75) is 32.6 Å². The predicted molar refractivity (Wildman–Crippen MR) is 73.1 cm³/mol. The average molecular weight is 261 g/mol. The van der Waals surface area contributed by atoms with Crippen molar-refractivity contribution in [1.82, 2.24) is 0 Å². The number of anilines is 1. The van der Waals surface area contributed by atoms with E-state index in [1.54, 1.807) is 11.8 Å². The maximum atomic E-state index is 12.4. The van der Waals surface area contributed by atoms with Gasteiger partial charge in [-0.3, -0.25) is 9.59 Å². The number of hydrogen-bond acceptors (Lipinski definition) is 3.